The summed E-state index contributed by atoms with van der Waals surface area (Å²) in [6.45, 7) is 8.09. The van der Waals surface area contributed by atoms with Gasteiger partial charge in [-0.15, -0.1) is 11.3 Å². The van der Waals surface area contributed by atoms with Crippen LogP contribution in [0.2, 0.25) is 4.34 Å². The molecule has 2 aliphatic heterocycles. The predicted octanol–water partition coefficient (Wildman–Crippen LogP) is 5.83. The SMILES string of the molecule is Cc1nn(-c2ncccc2COC(C)C)cc1CN1CCC2(CC1)OCC(F)(F)c1cc(Cl)sc12. The number of hydrogen-bond donors (Lipinski definition) is 0. The molecule has 0 aromatic carbocycles. The Morgan fingerprint density at radius 2 is 2.03 bits per heavy atom. The molecule has 1 saturated heterocycles. The van der Waals surface area contributed by atoms with Crippen LogP contribution in [0, 0.1) is 6.92 Å². The van der Waals surface area contributed by atoms with Crippen molar-refractivity contribution in [2.24, 2.45) is 0 Å². The fraction of sp³-hybridized carbons (Fsp3) is 0.520. The van der Waals surface area contributed by atoms with Crippen LogP contribution in [0.1, 0.15) is 54.0 Å². The summed E-state index contributed by atoms with van der Waals surface area (Å²) in [5.74, 6) is -2.23. The van der Waals surface area contributed by atoms with Gasteiger partial charge < -0.3 is 9.47 Å². The van der Waals surface area contributed by atoms with Gasteiger partial charge in [0.25, 0.3) is 5.92 Å². The molecule has 2 aliphatic rings. The molecule has 0 N–H and O–H groups in total. The predicted molar refractivity (Wildman–Crippen MR) is 131 cm³/mol. The number of piperidine rings is 1. The lowest BCUT2D eigenvalue weighted by Gasteiger charge is -2.45. The van der Waals surface area contributed by atoms with Crippen molar-refractivity contribution >= 4 is 22.9 Å². The molecule has 5 rings (SSSR count). The van der Waals surface area contributed by atoms with Crippen LogP contribution in [0.15, 0.2) is 30.6 Å². The van der Waals surface area contributed by atoms with E-state index in [-0.39, 0.29) is 11.7 Å². The van der Waals surface area contributed by atoms with Gasteiger partial charge in [0, 0.05) is 53.6 Å². The number of rotatable bonds is 6. The van der Waals surface area contributed by atoms with Crippen LogP contribution >= 0.6 is 22.9 Å². The van der Waals surface area contributed by atoms with Crippen LogP contribution in [-0.2, 0) is 34.1 Å². The van der Waals surface area contributed by atoms with E-state index in [2.05, 4.69) is 9.88 Å². The summed E-state index contributed by atoms with van der Waals surface area (Å²) in [5, 5.41) is 4.72. The minimum atomic E-state index is -2.99. The highest BCUT2D eigenvalue weighted by atomic mass is 35.5. The molecule has 0 radical (unpaired) electrons. The van der Waals surface area contributed by atoms with Crippen LogP contribution < -0.4 is 0 Å². The minimum Gasteiger partial charge on any atom is -0.374 e. The monoisotopic (exact) mass is 522 g/mol. The Morgan fingerprint density at radius 1 is 1.26 bits per heavy atom. The van der Waals surface area contributed by atoms with Crippen molar-refractivity contribution in [3.8, 4) is 5.82 Å². The van der Waals surface area contributed by atoms with Gasteiger partial charge in [-0.05, 0) is 45.7 Å². The first-order valence-corrected chi connectivity index (χ1v) is 13.0. The van der Waals surface area contributed by atoms with Crippen LogP contribution in [-0.4, -0.2) is 45.5 Å². The number of nitrogens with zero attached hydrogens (tertiary/aromatic N) is 4. The first-order valence-electron chi connectivity index (χ1n) is 11.8. The number of hydrogen-bond acceptors (Lipinski definition) is 6. The van der Waals surface area contributed by atoms with E-state index < -0.39 is 18.1 Å². The zero-order valence-electron chi connectivity index (χ0n) is 20.1. The maximum Gasteiger partial charge on any atom is 0.297 e. The maximum absolute atomic E-state index is 14.4. The number of fused-ring (bicyclic) bond motifs is 2. The molecule has 10 heteroatoms. The normalized spacial score (nSPS) is 19.4. The second kappa shape index (κ2) is 9.52. The van der Waals surface area contributed by atoms with Crippen molar-refractivity contribution in [1.82, 2.24) is 19.7 Å². The first-order chi connectivity index (χ1) is 16.7. The van der Waals surface area contributed by atoms with Gasteiger partial charge in [-0.3, -0.25) is 4.90 Å². The van der Waals surface area contributed by atoms with Crippen molar-refractivity contribution < 1.29 is 18.3 Å². The van der Waals surface area contributed by atoms with Crippen LogP contribution in [0.3, 0.4) is 0 Å². The standard InChI is InChI=1S/C25H29ClF2N4O2S/c1-16(2)33-14-18-5-4-8-29-23(18)32-13-19(17(3)30-32)12-31-9-6-24(7-10-31)22-20(11-21(26)35-22)25(27,28)15-34-24/h4-5,8,11,13,16H,6-7,9-10,12,14-15H2,1-3H3. The molecule has 0 unspecified atom stereocenters. The van der Waals surface area contributed by atoms with Gasteiger partial charge in [-0.25, -0.2) is 9.67 Å². The highest BCUT2D eigenvalue weighted by Gasteiger charge is 2.51. The number of thiophene rings is 1. The van der Waals surface area contributed by atoms with Gasteiger partial charge >= 0.3 is 0 Å². The molecule has 0 amide bonds. The highest BCUT2D eigenvalue weighted by molar-refractivity contribution is 7.16. The van der Waals surface area contributed by atoms with E-state index in [9.17, 15) is 8.78 Å². The van der Waals surface area contributed by atoms with Crippen LogP contribution in [0.5, 0.6) is 0 Å². The second-order valence-electron chi connectivity index (χ2n) is 9.59. The molecule has 1 fully saturated rings. The molecule has 0 aliphatic carbocycles. The Labute approximate surface area is 212 Å². The molecule has 6 nitrogen and oxygen atoms in total. The summed E-state index contributed by atoms with van der Waals surface area (Å²) in [6, 6.07) is 5.32. The fourth-order valence-electron chi connectivity index (χ4n) is 4.79. The second-order valence-corrected chi connectivity index (χ2v) is 11.3. The summed E-state index contributed by atoms with van der Waals surface area (Å²) in [5.41, 5.74) is 2.39. The van der Waals surface area contributed by atoms with Crippen molar-refractivity contribution in [2.45, 2.75) is 64.4 Å². The zero-order valence-corrected chi connectivity index (χ0v) is 21.6. The molecule has 1 spiro atoms. The Morgan fingerprint density at radius 3 is 2.77 bits per heavy atom. The topological polar surface area (TPSA) is 52.4 Å². The molecule has 0 atom stereocenters. The highest BCUT2D eigenvalue weighted by Crippen LogP contribution is 2.52. The van der Waals surface area contributed by atoms with E-state index in [4.69, 9.17) is 26.2 Å². The summed E-state index contributed by atoms with van der Waals surface area (Å²) >= 11 is 7.35. The number of aryl methyl sites for hydroxylation is 1. The Balaban J connectivity index is 1.29. The largest absolute Gasteiger partial charge is 0.374 e. The molecule has 3 aromatic heterocycles. The molecule has 0 saturated carbocycles. The van der Waals surface area contributed by atoms with Gasteiger partial charge in [-0.1, -0.05) is 17.7 Å². The first kappa shape index (κ1) is 24.8. The van der Waals surface area contributed by atoms with Crippen molar-refractivity contribution in [1.29, 1.82) is 0 Å². The third-order valence-corrected chi connectivity index (χ3v) is 8.20. The molecular weight excluding hydrogens is 494 g/mol. The average molecular weight is 523 g/mol. The van der Waals surface area contributed by atoms with Gasteiger partial charge in [0.1, 0.15) is 12.2 Å². The Hall–Kier alpha value is -1.91. The lowest BCUT2D eigenvalue weighted by molar-refractivity contribution is -0.182. The fourth-order valence-corrected chi connectivity index (χ4v) is 6.27. The number of alkyl halides is 2. The van der Waals surface area contributed by atoms with E-state index in [1.165, 1.54) is 17.4 Å². The molecule has 5 heterocycles. The molecule has 3 aromatic rings. The van der Waals surface area contributed by atoms with Crippen LogP contribution in [0.25, 0.3) is 5.82 Å². The van der Waals surface area contributed by atoms with E-state index >= 15 is 0 Å². The Bertz CT molecular complexity index is 1200. The quantitative estimate of drug-likeness (QED) is 0.408. The molecular formula is C25H29ClF2N4O2S. The molecule has 35 heavy (non-hydrogen) atoms. The molecule has 0 bridgehead atoms. The number of halogens is 3. The summed E-state index contributed by atoms with van der Waals surface area (Å²) in [7, 11) is 0. The smallest absolute Gasteiger partial charge is 0.297 e. The minimum absolute atomic E-state index is 0.0388. The summed E-state index contributed by atoms with van der Waals surface area (Å²) in [6.07, 6.45) is 5.21. The Kier molecular flexibility index (Phi) is 6.74. The van der Waals surface area contributed by atoms with Crippen molar-refractivity contribution in [2.75, 3.05) is 19.7 Å². The third-order valence-electron chi connectivity index (χ3n) is 6.75. The number of pyridine rings is 1. The average Bonchev–Trinajstić information content (AvgIpc) is 3.41. The summed E-state index contributed by atoms with van der Waals surface area (Å²) in [4.78, 5) is 7.46. The zero-order chi connectivity index (χ0) is 24.8. The van der Waals surface area contributed by atoms with Crippen molar-refractivity contribution in [3.05, 3.63) is 62.2 Å². The molecule has 188 valence electrons. The third kappa shape index (κ3) is 4.89. The number of likely N-dealkylation sites (tertiary alicyclic amines) is 1. The number of ether oxygens (including phenoxy) is 2. The van der Waals surface area contributed by atoms with Gasteiger partial charge in [0.2, 0.25) is 0 Å². The lowest BCUT2D eigenvalue weighted by atomic mass is 9.84. The lowest BCUT2D eigenvalue weighted by Crippen LogP contribution is -2.48. The summed E-state index contributed by atoms with van der Waals surface area (Å²) < 4.78 is 42.6. The van der Waals surface area contributed by atoms with E-state index in [1.807, 2.05) is 43.8 Å². The van der Waals surface area contributed by atoms with Crippen LogP contribution in [0.4, 0.5) is 8.78 Å². The van der Waals surface area contributed by atoms with E-state index in [1.54, 1.807) is 6.20 Å². The van der Waals surface area contributed by atoms with Crippen molar-refractivity contribution in [3.63, 3.8) is 0 Å². The van der Waals surface area contributed by atoms with Gasteiger partial charge in [0.05, 0.1) is 22.7 Å². The maximum atomic E-state index is 14.4. The van der Waals surface area contributed by atoms with Gasteiger partial charge in [-0.2, -0.15) is 13.9 Å². The van der Waals surface area contributed by atoms with E-state index in [0.717, 1.165) is 42.3 Å². The number of aromatic nitrogens is 3. The van der Waals surface area contributed by atoms with Gasteiger partial charge in [0.15, 0.2) is 5.82 Å². The van der Waals surface area contributed by atoms with E-state index in [0.29, 0.717) is 28.7 Å².